The fourth-order valence-electron chi connectivity index (χ4n) is 4.10. The van der Waals surface area contributed by atoms with Gasteiger partial charge in [-0.1, -0.05) is 36.4 Å². The number of hydrogen-bond acceptors (Lipinski definition) is 3. The Morgan fingerprint density at radius 3 is 2.43 bits per heavy atom. The molecule has 0 saturated heterocycles. The Bertz CT molecular complexity index is 1230. The molecule has 0 spiro atoms. The maximum absolute atomic E-state index is 13.0. The standard InChI is InChI=1S/C27H23ClF3NO3/c28-14-3-6-25(33)32-15-13-19-16-22(12-9-20(19)17-32)35-26(34)24-5-2-1-4-23(24)18-7-10-21(11-8-18)27(29,30)31/h1-2,4-5,7-12,16H,3,6,13-15,17H2. The largest absolute Gasteiger partial charge is 0.423 e. The lowest BCUT2D eigenvalue weighted by molar-refractivity contribution is -0.137. The highest BCUT2D eigenvalue weighted by Gasteiger charge is 2.30. The zero-order chi connectivity index (χ0) is 25.0. The van der Waals surface area contributed by atoms with Crippen LogP contribution in [0.1, 0.15) is 39.9 Å². The first-order valence-corrected chi connectivity index (χ1v) is 11.7. The van der Waals surface area contributed by atoms with E-state index in [-0.39, 0.29) is 11.5 Å². The molecule has 1 aliphatic rings. The lowest BCUT2D eigenvalue weighted by Crippen LogP contribution is -2.35. The highest BCUT2D eigenvalue weighted by Crippen LogP contribution is 2.32. The number of carbonyl (C=O) groups is 2. The average Bonchev–Trinajstić information content (AvgIpc) is 2.86. The van der Waals surface area contributed by atoms with Gasteiger partial charge in [-0.25, -0.2) is 4.79 Å². The van der Waals surface area contributed by atoms with Crippen LogP contribution < -0.4 is 4.74 Å². The molecule has 0 bridgehead atoms. The molecular weight excluding hydrogens is 479 g/mol. The van der Waals surface area contributed by atoms with Crippen molar-refractivity contribution in [1.82, 2.24) is 4.90 Å². The van der Waals surface area contributed by atoms with Crippen LogP contribution >= 0.6 is 11.6 Å². The van der Waals surface area contributed by atoms with E-state index >= 15 is 0 Å². The van der Waals surface area contributed by atoms with E-state index < -0.39 is 17.7 Å². The molecule has 0 atom stereocenters. The van der Waals surface area contributed by atoms with Crippen LogP contribution in [-0.4, -0.2) is 29.2 Å². The molecule has 0 aromatic heterocycles. The van der Waals surface area contributed by atoms with Gasteiger partial charge in [-0.15, -0.1) is 11.6 Å². The van der Waals surface area contributed by atoms with Crippen LogP contribution in [0.4, 0.5) is 13.2 Å². The second kappa shape index (κ2) is 10.5. The lowest BCUT2D eigenvalue weighted by atomic mass is 9.98. The first-order valence-electron chi connectivity index (χ1n) is 11.2. The molecule has 1 aliphatic heterocycles. The van der Waals surface area contributed by atoms with Crippen molar-refractivity contribution >= 4 is 23.5 Å². The number of esters is 1. The van der Waals surface area contributed by atoms with E-state index in [0.717, 1.165) is 23.3 Å². The minimum absolute atomic E-state index is 0.0756. The van der Waals surface area contributed by atoms with E-state index in [9.17, 15) is 22.8 Å². The van der Waals surface area contributed by atoms with Crippen LogP contribution in [0.5, 0.6) is 5.75 Å². The summed E-state index contributed by atoms with van der Waals surface area (Å²) in [5.74, 6) is 0.297. The molecule has 8 heteroatoms. The van der Waals surface area contributed by atoms with E-state index in [1.54, 1.807) is 41.3 Å². The number of nitrogens with zero attached hydrogens (tertiary/aromatic N) is 1. The third-order valence-electron chi connectivity index (χ3n) is 5.95. The van der Waals surface area contributed by atoms with Crippen molar-refractivity contribution in [1.29, 1.82) is 0 Å². The van der Waals surface area contributed by atoms with Gasteiger partial charge >= 0.3 is 12.1 Å². The molecule has 0 radical (unpaired) electrons. The molecule has 0 saturated carbocycles. The number of benzene rings is 3. The number of hydrogen-bond donors (Lipinski definition) is 0. The van der Waals surface area contributed by atoms with Gasteiger partial charge in [0, 0.05) is 25.4 Å². The van der Waals surface area contributed by atoms with Crippen molar-refractivity contribution < 1.29 is 27.5 Å². The lowest BCUT2D eigenvalue weighted by Gasteiger charge is -2.29. The van der Waals surface area contributed by atoms with Crippen molar-refractivity contribution in [2.45, 2.75) is 32.0 Å². The third-order valence-corrected chi connectivity index (χ3v) is 6.21. The van der Waals surface area contributed by atoms with Gasteiger partial charge < -0.3 is 9.64 Å². The summed E-state index contributed by atoms with van der Waals surface area (Å²) in [5.41, 5.74) is 2.47. The molecule has 3 aromatic rings. The smallest absolute Gasteiger partial charge is 0.416 e. The van der Waals surface area contributed by atoms with Crippen LogP contribution in [0.2, 0.25) is 0 Å². The van der Waals surface area contributed by atoms with E-state index in [4.69, 9.17) is 16.3 Å². The Labute approximate surface area is 206 Å². The fraction of sp³-hybridized carbons (Fsp3) is 0.259. The summed E-state index contributed by atoms with van der Waals surface area (Å²) in [6.45, 7) is 1.09. The number of amides is 1. The van der Waals surface area contributed by atoms with Gasteiger partial charge in [-0.2, -0.15) is 13.2 Å². The molecule has 0 N–H and O–H groups in total. The molecular formula is C27H23ClF3NO3. The molecule has 35 heavy (non-hydrogen) atoms. The van der Waals surface area contributed by atoms with Gasteiger partial charge in [0.1, 0.15) is 5.75 Å². The monoisotopic (exact) mass is 501 g/mol. The summed E-state index contributed by atoms with van der Waals surface area (Å²) in [7, 11) is 0. The van der Waals surface area contributed by atoms with Gasteiger partial charge in [0.15, 0.2) is 0 Å². The highest BCUT2D eigenvalue weighted by atomic mass is 35.5. The van der Waals surface area contributed by atoms with Gasteiger partial charge in [0.25, 0.3) is 0 Å². The maximum atomic E-state index is 13.0. The van der Waals surface area contributed by atoms with Crippen molar-refractivity contribution in [3.05, 3.63) is 89.0 Å². The zero-order valence-electron chi connectivity index (χ0n) is 18.8. The minimum Gasteiger partial charge on any atom is -0.423 e. The first kappa shape index (κ1) is 24.8. The molecule has 1 heterocycles. The number of rotatable bonds is 6. The van der Waals surface area contributed by atoms with Crippen molar-refractivity contribution in [3.8, 4) is 16.9 Å². The molecule has 182 valence electrons. The topological polar surface area (TPSA) is 46.6 Å². The number of ether oxygens (including phenoxy) is 1. The summed E-state index contributed by atoms with van der Waals surface area (Å²) < 4.78 is 44.3. The van der Waals surface area contributed by atoms with E-state index in [1.165, 1.54) is 12.1 Å². The van der Waals surface area contributed by atoms with Crippen molar-refractivity contribution in [2.75, 3.05) is 12.4 Å². The Kier molecular flexibility index (Phi) is 7.45. The summed E-state index contributed by atoms with van der Waals surface area (Å²) in [6.07, 6.45) is -2.72. The molecule has 0 fully saturated rings. The summed E-state index contributed by atoms with van der Waals surface area (Å²) in [5, 5.41) is 0. The van der Waals surface area contributed by atoms with E-state index in [0.29, 0.717) is 55.1 Å². The predicted molar refractivity (Wildman–Crippen MR) is 127 cm³/mol. The fourth-order valence-corrected chi connectivity index (χ4v) is 4.23. The van der Waals surface area contributed by atoms with Crippen molar-refractivity contribution in [3.63, 3.8) is 0 Å². The summed E-state index contributed by atoms with van der Waals surface area (Å²) in [4.78, 5) is 27.1. The molecule has 0 unspecified atom stereocenters. The van der Waals surface area contributed by atoms with Crippen LogP contribution in [0.3, 0.4) is 0 Å². The van der Waals surface area contributed by atoms with E-state index in [1.807, 2.05) is 6.07 Å². The van der Waals surface area contributed by atoms with Gasteiger partial charge in [-0.05, 0) is 65.4 Å². The number of carbonyl (C=O) groups excluding carboxylic acids is 2. The van der Waals surface area contributed by atoms with Gasteiger partial charge in [-0.3, -0.25) is 4.79 Å². The van der Waals surface area contributed by atoms with Crippen molar-refractivity contribution in [2.24, 2.45) is 0 Å². The average molecular weight is 502 g/mol. The predicted octanol–water partition coefficient (Wildman–Crippen LogP) is 6.50. The van der Waals surface area contributed by atoms with Crippen LogP contribution in [0.15, 0.2) is 66.7 Å². The Morgan fingerprint density at radius 2 is 1.71 bits per heavy atom. The number of halogens is 4. The summed E-state index contributed by atoms with van der Waals surface area (Å²) >= 11 is 5.68. The van der Waals surface area contributed by atoms with E-state index in [2.05, 4.69) is 0 Å². The normalized spacial score (nSPS) is 13.3. The highest BCUT2D eigenvalue weighted by molar-refractivity contribution is 6.17. The van der Waals surface area contributed by atoms with Gasteiger partial charge in [0.05, 0.1) is 11.1 Å². The van der Waals surface area contributed by atoms with Gasteiger partial charge in [0.2, 0.25) is 5.91 Å². The molecule has 4 rings (SSSR count). The summed E-state index contributed by atoms with van der Waals surface area (Å²) in [6, 6.07) is 16.6. The van der Waals surface area contributed by atoms with Crippen LogP contribution in [0, 0.1) is 0 Å². The molecule has 0 aliphatic carbocycles. The Hall–Kier alpha value is -3.32. The zero-order valence-corrected chi connectivity index (χ0v) is 19.5. The molecule has 1 amide bonds. The van der Waals surface area contributed by atoms with Crippen LogP contribution in [-0.2, 0) is 23.9 Å². The second-order valence-corrected chi connectivity index (χ2v) is 8.68. The minimum atomic E-state index is -4.43. The Balaban J connectivity index is 1.49. The first-order chi connectivity index (χ1) is 16.8. The maximum Gasteiger partial charge on any atom is 0.416 e. The number of fused-ring (bicyclic) bond motifs is 1. The van der Waals surface area contributed by atoms with Crippen LogP contribution in [0.25, 0.3) is 11.1 Å². The quantitative estimate of drug-likeness (QED) is 0.220. The SMILES string of the molecule is O=C(Oc1ccc2c(c1)CCN(C(=O)CCCCl)C2)c1ccccc1-c1ccc(C(F)(F)F)cc1. The molecule has 3 aromatic carbocycles. The second-order valence-electron chi connectivity index (χ2n) is 8.30. The number of alkyl halides is 4. The Morgan fingerprint density at radius 1 is 0.971 bits per heavy atom. The third kappa shape index (κ3) is 5.85. The molecule has 4 nitrogen and oxygen atoms in total.